The SMILES string of the molecule is CCCCCCCC[Si](C)(OCC)OCC(F)(F)F. The molecule has 116 valence electrons. The second kappa shape index (κ2) is 9.77. The topological polar surface area (TPSA) is 18.5 Å². The zero-order valence-electron chi connectivity index (χ0n) is 12.3. The van der Waals surface area contributed by atoms with E-state index in [-0.39, 0.29) is 0 Å². The Morgan fingerprint density at radius 3 is 2.00 bits per heavy atom. The van der Waals surface area contributed by atoms with E-state index in [0.717, 1.165) is 19.3 Å². The van der Waals surface area contributed by atoms with E-state index in [1.165, 1.54) is 19.3 Å². The van der Waals surface area contributed by atoms with Crippen LogP contribution in [-0.4, -0.2) is 28.0 Å². The lowest BCUT2D eigenvalue weighted by molar-refractivity contribution is -0.158. The van der Waals surface area contributed by atoms with Crippen LogP contribution in [-0.2, 0) is 8.85 Å². The molecule has 0 aliphatic rings. The van der Waals surface area contributed by atoms with Crippen LogP contribution in [0.1, 0.15) is 52.4 Å². The van der Waals surface area contributed by atoms with Crippen molar-refractivity contribution in [2.24, 2.45) is 0 Å². The van der Waals surface area contributed by atoms with Crippen molar-refractivity contribution < 1.29 is 22.0 Å². The summed E-state index contributed by atoms with van der Waals surface area (Å²) in [5.41, 5.74) is 0. The minimum atomic E-state index is -4.27. The van der Waals surface area contributed by atoms with E-state index in [1.54, 1.807) is 13.5 Å². The van der Waals surface area contributed by atoms with E-state index in [4.69, 9.17) is 8.85 Å². The van der Waals surface area contributed by atoms with Gasteiger partial charge in [0, 0.05) is 6.61 Å². The number of hydrogen-bond donors (Lipinski definition) is 0. The molecule has 1 unspecified atom stereocenters. The molecule has 0 aromatic rings. The van der Waals surface area contributed by atoms with E-state index < -0.39 is 21.3 Å². The lowest BCUT2D eigenvalue weighted by Gasteiger charge is -2.27. The summed E-state index contributed by atoms with van der Waals surface area (Å²) >= 11 is 0. The van der Waals surface area contributed by atoms with Gasteiger partial charge < -0.3 is 8.85 Å². The molecule has 0 saturated carbocycles. The highest BCUT2D eigenvalue weighted by molar-refractivity contribution is 6.66. The smallest absolute Gasteiger partial charge is 0.395 e. The normalized spacial score (nSPS) is 15.5. The summed E-state index contributed by atoms with van der Waals surface area (Å²) in [5, 5.41) is 0. The summed E-state index contributed by atoms with van der Waals surface area (Å²) in [5.74, 6) is 0. The van der Waals surface area contributed by atoms with Crippen LogP contribution in [0.4, 0.5) is 13.2 Å². The van der Waals surface area contributed by atoms with Crippen molar-refractivity contribution in [3.63, 3.8) is 0 Å². The highest BCUT2D eigenvalue weighted by Gasteiger charge is 2.37. The van der Waals surface area contributed by atoms with Crippen molar-refractivity contribution in [1.82, 2.24) is 0 Å². The van der Waals surface area contributed by atoms with E-state index in [9.17, 15) is 13.2 Å². The Labute approximate surface area is 115 Å². The highest BCUT2D eigenvalue weighted by atomic mass is 28.4. The molecule has 0 amide bonds. The molecule has 0 fully saturated rings. The van der Waals surface area contributed by atoms with Gasteiger partial charge in [-0.25, -0.2) is 0 Å². The minimum absolute atomic E-state index is 0.413. The molecule has 1 atom stereocenters. The Hall–Kier alpha value is -0.0731. The standard InChI is InChI=1S/C13H27F3O2Si/c1-4-6-7-8-9-10-11-19(3,17-5-2)18-12-13(14,15)16/h4-12H2,1-3H3. The van der Waals surface area contributed by atoms with Gasteiger partial charge in [0.15, 0.2) is 0 Å². The quantitative estimate of drug-likeness (QED) is 0.393. The van der Waals surface area contributed by atoms with Crippen molar-refractivity contribution in [3.05, 3.63) is 0 Å². The molecular weight excluding hydrogens is 273 g/mol. The summed E-state index contributed by atoms with van der Waals surface area (Å²) in [7, 11) is -2.65. The van der Waals surface area contributed by atoms with Gasteiger partial charge in [-0.05, 0) is 19.5 Å². The molecule has 0 aliphatic heterocycles. The molecule has 0 aromatic carbocycles. The molecule has 2 nitrogen and oxygen atoms in total. The molecule has 6 heteroatoms. The molecule has 0 radical (unpaired) electrons. The number of halogens is 3. The van der Waals surface area contributed by atoms with Gasteiger partial charge in [0.1, 0.15) is 6.61 Å². The maximum absolute atomic E-state index is 12.2. The Morgan fingerprint density at radius 1 is 0.895 bits per heavy atom. The Balaban J connectivity index is 3.94. The van der Waals surface area contributed by atoms with Crippen LogP contribution in [0.3, 0.4) is 0 Å². The van der Waals surface area contributed by atoms with Gasteiger partial charge in [0.05, 0.1) is 0 Å². The molecule has 0 saturated heterocycles. The van der Waals surface area contributed by atoms with E-state index in [2.05, 4.69) is 6.92 Å². The number of alkyl halides is 3. The summed E-state index contributed by atoms with van der Waals surface area (Å²) in [6.07, 6.45) is 2.43. The Kier molecular flexibility index (Phi) is 9.73. The maximum Gasteiger partial charge on any atom is 0.410 e. The average Bonchev–Trinajstić information content (AvgIpc) is 2.31. The second-order valence-corrected chi connectivity index (χ2v) is 8.33. The second-order valence-electron chi connectivity index (χ2n) is 4.99. The van der Waals surface area contributed by atoms with Gasteiger partial charge in [-0.3, -0.25) is 0 Å². The van der Waals surface area contributed by atoms with Crippen molar-refractivity contribution in [2.45, 2.75) is 71.1 Å². The highest BCUT2D eigenvalue weighted by Crippen LogP contribution is 2.23. The number of rotatable bonds is 11. The van der Waals surface area contributed by atoms with E-state index in [1.807, 2.05) is 0 Å². The van der Waals surface area contributed by atoms with Gasteiger partial charge in [0.25, 0.3) is 0 Å². The van der Waals surface area contributed by atoms with E-state index in [0.29, 0.717) is 12.7 Å². The molecule has 0 rings (SSSR count). The van der Waals surface area contributed by atoms with Gasteiger partial charge >= 0.3 is 14.7 Å². The van der Waals surface area contributed by atoms with Gasteiger partial charge in [-0.2, -0.15) is 13.2 Å². The molecular formula is C13H27F3O2Si. The van der Waals surface area contributed by atoms with Crippen molar-refractivity contribution in [2.75, 3.05) is 13.2 Å². The zero-order chi connectivity index (χ0) is 14.8. The molecule has 0 N–H and O–H groups in total. The van der Waals surface area contributed by atoms with Crippen LogP contribution in [0.25, 0.3) is 0 Å². The third kappa shape index (κ3) is 11.5. The van der Waals surface area contributed by atoms with Gasteiger partial charge in [-0.1, -0.05) is 45.4 Å². The number of hydrogen-bond acceptors (Lipinski definition) is 2. The third-order valence-electron chi connectivity index (χ3n) is 2.98. The lowest BCUT2D eigenvalue weighted by Crippen LogP contribution is -2.41. The van der Waals surface area contributed by atoms with Crippen LogP contribution in [0.15, 0.2) is 0 Å². The molecule has 19 heavy (non-hydrogen) atoms. The van der Waals surface area contributed by atoms with Crippen LogP contribution in [0.5, 0.6) is 0 Å². The van der Waals surface area contributed by atoms with Crippen LogP contribution < -0.4 is 0 Å². The molecule has 0 heterocycles. The fourth-order valence-electron chi connectivity index (χ4n) is 1.95. The lowest BCUT2D eigenvalue weighted by atomic mass is 10.1. The van der Waals surface area contributed by atoms with Gasteiger partial charge in [0.2, 0.25) is 0 Å². The predicted octanol–water partition coefficient (Wildman–Crippen LogP) is 5.03. The van der Waals surface area contributed by atoms with Crippen molar-refractivity contribution in [1.29, 1.82) is 0 Å². The van der Waals surface area contributed by atoms with E-state index >= 15 is 0 Å². The Morgan fingerprint density at radius 2 is 1.47 bits per heavy atom. The summed E-state index contributed by atoms with van der Waals surface area (Å²) in [4.78, 5) is 0. The fourth-order valence-corrected chi connectivity index (χ4v) is 4.30. The first-order valence-electron chi connectivity index (χ1n) is 7.17. The first-order valence-corrected chi connectivity index (χ1v) is 9.70. The molecule has 0 spiro atoms. The minimum Gasteiger partial charge on any atom is -0.395 e. The van der Waals surface area contributed by atoms with Gasteiger partial charge in [-0.15, -0.1) is 0 Å². The monoisotopic (exact) mass is 300 g/mol. The largest absolute Gasteiger partial charge is 0.410 e. The van der Waals surface area contributed by atoms with Crippen molar-refractivity contribution >= 4 is 8.56 Å². The van der Waals surface area contributed by atoms with Crippen LogP contribution in [0.2, 0.25) is 12.6 Å². The maximum atomic E-state index is 12.2. The summed E-state index contributed by atoms with van der Waals surface area (Å²) in [6, 6.07) is 0.642. The van der Waals surface area contributed by atoms with Crippen LogP contribution in [0, 0.1) is 0 Å². The number of unbranched alkanes of at least 4 members (excludes halogenated alkanes) is 5. The molecule has 0 aromatic heterocycles. The first kappa shape index (κ1) is 18.9. The van der Waals surface area contributed by atoms with Crippen LogP contribution >= 0.6 is 0 Å². The third-order valence-corrected chi connectivity index (χ3v) is 5.89. The van der Waals surface area contributed by atoms with Crippen molar-refractivity contribution in [3.8, 4) is 0 Å². The molecule has 0 bridgehead atoms. The molecule has 0 aliphatic carbocycles. The average molecular weight is 300 g/mol. The first-order chi connectivity index (χ1) is 8.83. The fraction of sp³-hybridized carbons (Fsp3) is 1.00. The summed E-state index contributed by atoms with van der Waals surface area (Å²) in [6.45, 7) is 4.91. The predicted molar refractivity (Wildman–Crippen MR) is 73.4 cm³/mol. The zero-order valence-corrected chi connectivity index (χ0v) is 13.3. The Bertz CT molecular complexity index is 224. The summed E-state index contributed by atoms with van der Waals surface area (Å²) < 4.78 is 47.1.